The van der Waals surface area contributed by atoms with Gasteiger partial charge in [-0.25, -0.2) is 0 Å². The van der Waals surface area contributed by atoms with Crippen LogP contribution in [0.3, 0.4) is 0 Å². The number of likely N-dealkylation sites (tertiary alicyclic amines) is 1. The summed E-state index contributed by atoms with van der Waals surface area (Å²) in [6, 6.07) is 17.7. The molecule has 2 fully saturated rings. The van der Waals surface area contributed by atoms with Gasteiger partial charge in [-0.15, -0.1) is 0 Å². The average Bonchev–Trinajstić information content (AvgIpc) is 3.24. The normalized spacial score (nSPS) is 20.7. The van der Waals surface area contributed by atoms with Gasteiger partial charge < -0.3 is 20.4 Å². The number of nitrogens with zero attached hydrogens (tertiary/aromatic N) is 2. The van der Waals surface area contributed by atoms with Gasteiger partial charge in [0.15, 0.2) is 0 Å². The van der Waals surface area contributed by atoms with Gasteiger partial charge >= 0.3 is 0 Å². The molecule has 2 saturated heterocycles. The Morgan fingerprint density at radius 3 is 2.30 bits per heavy atom. The molecular formula is C33H46N4O6S. The predicted octanol–water partition coefficient (Wildman–Crippen LogP) is 3.31. The molecule has 10 nitrogen and oxygen atoms in total. The van der Waals surface area contributed by atoms with Gasteiger partial charge in [-0.05, 0) is 83.0 Å². The number of piperidine rings is 2. The lowest BCUT2D eigenvalue weighted by atomic mass is 9.86. The zero-order chi connectivity index (χ0) is 31.9. The fourth-order valence-corrected chi connectivity index (χ4v) is 6.24. The van der Waals surface area contributed by atoms with Crippen LogP contribution in [0, 0.1) is 5.92 Å². The van der Waals surface area contributed by atoms with Crippen molar-refractivity contribution in [2.75, 3.05) is 36.8 Å². The molecule has 3 aliphatic rings. The minimum Gasteiger partial charge on any atom is -0.344 e. The van der Waals surface area contributed by atoms with E-state index >= 15 is 0 Å². The number of para-hydroxylation sites is 1. The summed E-state index contributed by atoms with van der Waals surface area (Å²) in [5, 5.41) is 6.42. The molecule has 3 aliphatic heterocycles. The molecule has 0 aliphatic carbocycles. The Labute approximate surface area is 261 Å². The number of benzene rings is 2. The van der Waals surface area contributed by atoms with Gasteiger partial charge in [-0.2, -0.15) is 8.42 Å². The molecule has 1 unspecified atom stereocenters. The summed E-state index contributed by atoms with van der Waals surface area (Å²) in [5.41, 5.74) is 2.70. The van der Waals surface area contributed by atoms with Crippen LogP contribution in [0.4, 0.5) is 5.69 Å². The molecule has 2 atom stereocenters. The van der Waals surface area contributed by atoms with Crippen LogP contribution in [0.15, 0.2) is 54.6 Å². The molecule has 0 aromatic heterocycles. The van der Waals surface area contributed by atoms with E-state index < -0.39 is 21.6 Å². The average molecular weight is 627 g/mol. The Morgan fingerprint density at radius 2 is 1.68 bits per heavy atom. The molecule has 3 amide bonds. The molecule has 0 bridgehead atoms. The van der Waals surface area contributed by atoms with Crippen LogP contribution in [0.1, 0.15) is 64.0 Å². The third-order valence-corrected chi connectivity index (χ3v) is 9.67. The van der Waals surface area contributed by atoms with Crippen LogP contribution >= 0.6 is 0 Å². The van der Waals surface area contributed by atoms with E-state index in [4.69, 9.17) is 4.55 Å². The van der Waals surface area contributed by atoms with Gasteiger partial charge in [0, 0.05) is 31.4 Å². The van der Waals surface area contributed by atoms with Crippen LogP contribution in [-0.4, -0.2) is 79.6 Å². The molecule has 0 saturated carbocycles. The van der Waals surface area contributed by atoms with Crippen molar-refractivity contribution in [3.05, 3.63) is 65.7 Å². The van der Waals surface area contributed by atoms with E-state index in [2.05, 4.69) is 22.8 Å². The Morgan fingerprint density at radius 1 is 1.05 bits per heavy atom. The molecule has 3 heterocycles. The second-order valence-corrected chi connectivity index (χ2v) is 14.1. The van der Waals surface area contributed by atoms with Gasteiger partial charge in [0.25, 0.3) is 10.1 Å². The van der Waals surface area contributed by atoms with Crippen molar-refractivity contribution >= 4 is 33.5 Å². The SMILES string of the molecule is CC1(C)C(=O)N(C2CCN(C(=O)C(CCc3ccccc3)NC(=O)[C@@H]3CCCNC3)CC2)c2ccccc21.CCS(=O)(=O)O. The maximum atomic E-state index is 13.7. The van der Waals surface area contributed by atoms with Gasteiger partial charge in [0.05, 0.1) is 17.1 Å². The van der Waals surface area contributed by atoms with Gasteiger partial charge in [-0.1, -0.05) is 48.5 Å². The number of hydrogen-bond donors (Lipinski definition) is 3. The van der Waals surface area contributed by atoms with Crippen molar-refractivity contribution in [2.24, 2.45) is 5.92 Å². The summed E-state index contributed by atoms with van der Waals surface area (Å²) in [6.45, 7) is 8.13. The van der Waals surface area contributed by atoms with E-state index in [9.17, 15) is 22.8 Å². The molecule has 2 aromatic rings. The van der Waals surface area contributed by atoms with Crippen LogP contribution in [0.5, 0.6) is 0 Å². The van der Waals surface area contributed by atoms with Crippen molar-refractivity contribution < 1.29 is 27.4 Å². The minimum absolute atomic E-state index is 0.00928. The Bertz CT molecular complexity index is 1400. The highest BCUT2D eigenvalue weighted by molar-refractivity contribution is 7.85. The summed E-state index contributed by atoms with van der Waals surface area (Å²) in [5.74, 6) is -0.193. The molecule has 2 aromatic carbocycles. The third-order valence-electron chi connectivity index (χ3n) is 8.94. The topological polar surface area (TPSA) is 136 Å². The molecule has 44 heavy (non-hydrogen) atoms. The van der Waals surface area contributed by atoms with Crippen molar-refractivity contribution in [1.29, 1.82) is 0 Å². The standard InChI is InChI=1S/C31H40N4O3.C2H6O3S/c1-31(2)25-12-6-7-13-27(25)35(30(31)38)24-16-19-34(20-17-24)29(37)26(15-14-22-9-4-3-5-10-22)33-28(36)23-11-8-18-32-21-23;1-2-6(3,4)5/h3-7,9-10,12-13,23-24,26,32H,8,11,14-21H2,1-2H3,(H,33,36);2H2,1H3,(H,3,4,5)/t23-,26?;/m1./s1. The summed E-state index contributed by atoms with van der Waals surface area (Å²) in [4.78, 5) is 44.1. The van der Waals surface area contributed by atoms with Gasteiger partial charge in [0.2, 0.25) is 17.7 Å². The molecule has 240 valence electrons. The number of anilines is 1. The van der Waals surface area contributed by atoms with Crippen molar-refractivity contribution in [2.45, 2.75) is 76.8 Å². The van der Waals surface area contributed by atoms with E-state index in [0.717, 1.165) is 55.5 Å². The summed E-state index contributed by atoms with van der Waals surface area (Å²) in [6.07, 6.45) is 4.59. The largest absolute Gasteiger partial charge is 0.344 e. The lowest BCUT2D eigenvalue weighted by molar-refractivity contribution is -0.138. The Balaban J connectivity index is 0.000000670. The molecule has 5 rings (SSSR count). The van der Waals surface area contributed by atoms with Crippen molar-refractivity contribution in [3.63, 3.8) is 0 Å². The highest BCUT2D eigenvalue weighted by Gasteiger charge is 2.47. The van der Waals surface area contributed by atoms with E-state index in [1.54, 1.807) is 0 Å². The first kappa shape index (κ1) is 33.6. The number of carbonyl (C=O) groups excluding carboxylic acids is 3. The molecular weight excluding hydrogens is 580 g/mol. The molecule has 3 N–H and O–H groups in total. The number of nitrogens with one attached hydrogen (secondary N) is 2. The smallest absolute Gasteiger partial charge is 0.264 e. The summed E-state index contributed by atoms with van der Waals surface area (Å²) < 4.78 is 26.9. The minimum atomic E-state index is -3.66. The Hall–Kier alpha value is -3.28. The first-order valence-corrected chi connectivity index (χ1v) is 17.3. The second kappa shape index (κ2) is 14.7. The van der Waals surface area contributed by atoms with Gasteiger partial charge in [0.1, 0.15) is 6.04 Å². The van der Waals surface area contributed by atoms with Crippen LogP contribution < -0.4 is 15.5 Å². The monoisotopic (exact) mass is 626 g/mol. The van der Waals surface area contributed by atoms with E-state index in [1.807, 2.05) is 66.1 Å². The summed E-state index contributed by atoms with van der Waals surface area (Å²) in [7, 11) is -3.66. The number of aryl methyl sites for hydroxylation is 1. The number of hydrogen-bond acceptors (Lipinski definition) is 6. The second-order valence-electron chi connectivity index (χ2n) is 12.4. The first-order chi connectivity index (χ1) is 20.9. The fraction of sp³-hybridized carbons (Fsp3) is 0.545. The van der Waals surface area contributed by atoms with E-state index in [-0.39, 0.29) is 35.4 Å². The van der Waals surface area contributed by atoms with Crippen LogP contribution in [-0.2, 0) is 36.3 Å². The fourth-order valence-electron chi connectivity index (χ4n) is 6.24. The maximum absolute atomic E-state index is 13.7. The number of amides is 3. The zero-order valence-electron chi connectivity index (χ0n) is 26.0. The third kappa shape index (κ3) is 8.25. The highest BCUT2D eigenvalue weighted by Crippen LogP contribution is 2.43. The number of fused-ring (bicyclic) bond motifs is 1. The Kier molecular flexibility index (Phi) is 11.2. The predicted molar refractivity (Wildman–Crippen MR) is 171 cm³/mol. The van der Waals surface area contributed by atoms with Crippen molar-refractivity contribution in [1.82, 2.24) is 15.5 Å². The number of carbonyl (C=O) groups is 3. The quantitative estimate of drug-likeness (QED) is 0.383. The number of rotatable bonds is 8. The molecule has 0 spiro atoms. The van der Waals surface area contributed by atoms with Crippen LogP contribution in [0.25, 0.3) is 0 Å². The lowest BCUT2D eigenvalue weighted by Crippen LogP contribution is -2.55. The molecule has 0 radical (unpaired) electrons. The summed E-state index contributed by atoms with van der Waals surface area (Å²) >= 11 is 0. The maximum Gasteiger partial charge on any atom is 0.264 e. The first-order valence-electron chi connectivity index (χ1n) is 15.6. The lowest BCUT2D eigenvalue weighted by Gasteiger charge is -2.39. The highest BCUT2D eigenvalue weighted by atomic mass is 32.2. The van der Waals surface area contributed by atoms with E-state index in [0.29, 0.717) is 26.1 Å². The molecule has 11 heteroatoms. The van der Waals surface area contributed by atoms with Gasteiger partial charge in [-0.3, -0.25) is 18.9 Å². The van der Waals surface area contributed by atoms with Crippen molar-refractivity contribution in [3.8, 4) is 0 Å². The van der Waals surface area contributed by atoms with Crippen LogP contribution in [0.2, 0.25) is 0 Å². The van der Waals surface area contributed by atoms with E-state index in [1.165, 1.54) is 6.92 Å². The zero-order valence-corrected chi connectivity index (χ0v) is 26.8.